The van der Waals surface area contributed by atoms with Gasteiger partial charge in [0.05, 0.1) is 0 Å². The van der Waals surface area contributed by atoms with Gasteiger partial charge in [0, 0.05) is 6.21 Å². The molecule has 1 aromatic rings. The van der Waals surface area contributed by atoms with E-state index in [1.165, 1.54) is 31.0 Å². The lowest BCUT2D eigenvalue weighted by Gasteiger charge is -2.01. The third-order valence-electron chi connectivity index (χ3n) is 4.00. The fraction of sp³-hybridized carbons (Fsp3) is 0.533. The Morgan fingerprint density at radius 2 is 1.88 bits per heavy atom. The molecule has 0 bridgehead atoms. The zero-order valence-corrected chi connectivity index (χ0v) is 10.2. The van der Waals surface area contributed by atoms with Crippen LogP contribution in [0.2, 0.25) is 0 Å². The van der Waals surface area contributed by atoms with E-state index in [0.717, 1.165) is 23.3 Å². The lowest BCUT2D eigenvalue weighted by Crippen LogP contribution is -1.91. The molecule has 1 nitrogen and oxygen atoms in total. The minimum absolute atomic E-state index is 0.908. The van der Waals surface area contributed by atoms with Crippen molar-refractivity contribution < 1.29 is 0 Å². The molecule has 86 valence electrons. The van der Waals surface area contributed by atoms with Crippen LogP contribution in [0.25, 0.3) is 0 Å². The molecule has 0 aromatic heterocycles. The predicted octanol–water partition coefficient (Wildman–Crippen LogP) is 3.91. The highest BCUT2D eigenvalue weighted by molar-refractivity contribution is 5.76. The van der Waals surface area contributed by atoms with E-state index in [1.807, 2.05) is 12.1 Å². The molecule has 1 fully saturated rings. The van der Waals surface area contributed by atoms with Crippen molar-refractivity contribution in [1.29, 1.82) is 5.41 Å². The van der Waals surface area contributed by atoms with Crippen LogP contribution in [0.4, 0.5) is 0 Å². The monoisotopic (exact) mass is 215 g/mol. The zero-order chi connectivity index (χ0) is 11.5. The van der Waals surface area contributed by atoms with Gasteiger partial charge in [0.25, 0.3) is 0 Å². The van der Waals surface area contributed by atoms with Crippen molar-refractivity contribution in [1.82, 2.24) is 0 Å². The zero-order valence-electron chi connectivity index (χ0n) is 10.2. The van der Waals surface area contributed by atoms with E-state index in [1.54, 1.807) is 0 Å². The third-order valence-corrected chi connectivity index (χ3v) is 4.00. The van der Waals surface area contributed by atoms with E-state index in [9.17, 15) is 0 Å². The van der Waals surface area contributed by atoms with Crippen molar-refractivity contribution in [2.45, 2.75) is 33.1 Å². The minimum atomic E-state index is 0.908. The Kier molecular flexibility index (Phi) is 3.42. The minimum Gasteiger partial charge on any atom is -0.308 e. The first-order chi connectivity index (χ1) is 7.76. The average molecular weight is 215 g/mol. The van der Waals surface area contributed by atoms with Gasteiger partial charge in [-0.15, -0.1) is 0 Å². The number of hydrogen-bond acceptors (Lipinski definition) is 1. The van der Waals surface area contributed by atoms with Crippen LogP contribution in [-0.4, -0.2) is 6.21 Å². The van der Waals surface area contributed by atoms with E-state index in [-0.39, 0.29) is 0 Å². The van der Waals surface area contributed by atoms with Crippen molar-refractivity contribution in [2.24, 2.45) is 17.8 Å². The van der Waals surface area contributed by atoms with Gasteiger partial charge in [-0.2, -0.15) is 0 Å². The smallest absolute Gasteiger partial charge is 0.0250 e. The maximum absolute atomic E-state index is 7.16. The Hall–Kier alpha value is -1.11. The molecule has 0 heterocycles. The molecule has 1 heteroatoms. The standard InChI is InChI=1S/C15H21N/c1-3-4-14-11(2)15(14)9-12-5-7-13(10-16)8-6-12/h5-8,10-11,14-16H,3-4,9H2,1-2H3. The summed E-state index contributed by atoms with van der Waals surface area (Å²) in [4.78, 5) is 0. The SMILES string of the molecule is CCCC1C(C)C1Cc1ccc(C=N)cc1. The van der Waals surface area contributed by atoms with Crippen LogP contribution in [-0.2, 0) is 6.42 Å². The van der Waals surface area contributed by atoms with Crippen LogP contribution < -0.4 is 0 Å². The van der Waals surface area contributed by atoms with E-state index in [4.69, 9.17) is 5.41 Å². The number of nitrogens with one attached hydrogen (secondary N) is 1. The summed E-state index contributed by atoms with van der Waals surface area (Å²) >= 11 is 0. The molecule has 0 saturated heterocycles. The highest BCUT2D eigenvalue weighted by Gasteiger charge is 2.44. The van der Waals surface area contributed by atoms with Crippen molar-refractivity contribution in [3.8, 4) is 0 Å². The van der Waals surface area contributed by atoms with Crippen LogP contribution in [0, 0.1) is 23.2 Å². The summed E-state index contributed by atoms with van der Waals surface area (Å²) in [5.74, 6) is 2.79. The predicted molar refractivity (Wildman–Crippen MR) is 69.1 cm³/mol. The molecule has 1 aliphatic carbocycles. The Morgan fingerprint density at radius 1 is 1.19 bits per heavy atom. The Morgan fingerprint density at radius 3 is 2.44 bits per heavy atom. The number of hydrogen-bond donors (Lipinski definition) is 1. The van der Waals surface area contributed by atoms with Crippen LogP contribution in [0.5, 0.6) is 0 Å². The summed E-state index contributed by atoms with van der Waals surface area (Å²) in [7, 11) is 0. The number of benzene rings is 1. The highest BCUT2D eigenvalue weighted by atomic mass is 14.5. The molecular weight excluding hydrogens is 194 g/mol. The van der Waals surface area contributed by atoms with Crippen molar-refractivity contribution >= 4 is 6.21 Å². The van der Waals surface area contributed by atoms with Crippen LogP contribution in [0.1, 0.15) is 37.8 Å². The van der Waals surface area contributed by atoms with Gasteiger partial charge in [0.2, 0.25) is 0 Å². The normalized spacial score (nSPS) is 27.8. The molecule has 2 rings (SSSR count). The van der Waals surface area contributed by atoms with Crippen LogP contribution >= 0.6 is 0 Å². The molecule has 0 aliphatic heterocycles. The molecule has 3 unspecified atom stereocenters. The van der Waals surface area contributed by atoms with Gasteiger partial charge in [-0.1, -0.05) is 51.0 Å². The average Bonchev–Trinajstić information content (AvgIpc) is 2.91. The molecule has 1 saturated carbocycles. The second-order valence-electron chi connectivity index (χ2n) is 5.07. The summed E-state index contributed by atoms with van der Waals surface area (Å²) in [5.41, 5.74) is 2.43. The summed E-state index contributed by atoms with van der Waals surface area (Å²) in [6.07, 6.45) is 5.34. The lowest BCUT2D eigenvalue weighted by atomic mass is 10.0. The lowest BCUT2D eigenvalue weighted by molar-refractivity contribution is 0.626. The van der Waals surface area contributed by atoms with Gasteiger partial charge in [-0.05, 0) is 35.3 Å². The Balaban J connectivity index is 1.92. The summed E-state index contributed by atoms with van der Waals surface area (Å²) in [6, 6.07) is 8.44. The molecule has 1 aliphatic rings. The molecule has 0 amide bonds. The summed E-state index contributed by atoms with van der Waals surface area (Å²) < 4.78 is 0. The van der Waals surface area contributed by atoms with Crippen molar-refractivity contribution in [2.75, 3.05) is 0 Å². The molecule has 0 spiro atoms. The second kappa shape index (κ2) is 4.82. The molecular formula is C15H21N. The van der Waals surface area contributed by atoms with E-state index in [2.05, 4.69) is 26.0 Å². The van der Waals surface area contributed by atoms with E-state index in [0.29, 0.717) is 0 Å². The first kappa shape index (κ1) is 11.4. The first-order valence-corrected chi connectivity index (χ1v) is 6.35. The largest absolute Gasteiger partial charge is 0.308 e. The summed E-state index contributed by atoms with van der Waals surface area (Å²) in [6.45, 7) is 4.66. The Bertz CT molecular complexity index is 352. The van der Waals surface area contributed by atoms with E-state index >= 15 is 0 Å². The quantitative estimate of drug-likeness (QED) is 0.720. The first-order valence-electron chi connectivity index (χ1n) is 6.35. The fourth-order valence-electron chi connectivity index (χ4n) is 2.81. The van der Waals surface area contributed by atoms with Crippen molar-refractivity contribution in [3.63, 3.8) is 0 Å². The van der Waals surface area contributed by atoms with Crippen LogP contribution in [0.15, 0.2) is 24.3 Å². The maximum Gasteiger partial charge on any atom is 0.0250 e. The number of rotatable bonds is 5. The summed E-state index contributed by atoms with van der Waals surface area (Å²) in [5, 5.41) is 7.16. The molecule has 1 aromatic carbocycles. The topological polar surface area (TPSA) is 23.9 Å². The Labute approximate surface area is 98.4 Å². The van der Waals surface area contributed by atoms with Gasteiger partial charge in [-0.3, -0.25) is 0 Å². The highest BCUT2D eigenvalue weighted by Crippen LogP contribution is 2.50. The van der Waals surface area contributed by atoms with Gasteiger partial charge >= 0.3 is 0 Å². The van der Waals surface area contributed by atoms with Gasteiger partial charge in [0.15, 0.2) is 0 Å². The molecule has 16 heavy (non-hydrogen) atoms. The molecule has 0 radical (unpaired) electrons. The van der Waals surface area contributed by atoms with Gasteiger partial charge in [0.1, 0.15) is 0 Å². The van der Waals surface area contributed by atoms with E-state index < -0.39 is 0 Å². The maximum atomic E-state index is 7.16. The molecule has 3 atom stereocenters. The van der Waals surface area contributed by atoms with Crippen molar-refractivity contribution in [3.05, 3.63) is 35.4 Å². The fourth-order valence-corrected chi connectivity index (χ4v) is 2.81. The van der Waals surface area contributed by atoms with Crippen LogP contribution in [0.3, 0.4) is 0 Å². The molecule has 1 N–H and O–H groups in total. The van der Waals surface area contributed by atoms with Gasteiger partial charge in [-0.25, -0.2) is 0 Å². The second-order valence-corrected chi connectivity index (χ2v) is 5.07. The third kappa shape index (κ3) is 2.34. The van der Waals surface area contributed by atoms with Gasteiger partial charge < -0.3 is 5.41 Å².